The second-order valence-electron chi connectivity index (χ2n) is 8.18. The van der Waals surface area contributed by atoms with Gasteiger partial charge in [0.2, 0.25) is 0 Å². The van der Waals surface area contributed by atoms with E-state index < -0.39 is 11.6 Å². The molecule has 6 heteroatoms. The Balaban J connectivity index is 1.71. The number of hydrogen-bond donors (Lipinski definition) is 1. The third-order valence-corrected chi connectivity index (χ3v) is 6.30. The number of nitrogens with zero attached hydrogens (tertiary/aromatic N) is 2. The van der Waals surface area contributed by atoms with E-state index in [1.165, 1.54) is 11.6 Å². The largest absolute Gasteiger partial charge is 0.490 e. The average molecular weight is 434 g/mol. The molecule has 2 aromatic heterocycles. The lowest BCUT2D eigenvalue weighted by molar-refractivity contribution is 0.323. The van der Waals surface area contributed by atoms with Gasteiger partial charge in [-0.15, -0.1) is 0 Å². The highest BCUT2D eigenvalue weighted by Gasteiger charge is 2.21. The number of ether oxygens (including phenoxy) is 1. The maximum absolute atomic E-state index is 14.3. The van der Waals surface area contributed by atoms with E-state index in [0.717, 1.165) is 63.9 Å². The summed E-state index contributed by atoms with van der Waals surface area (Å²) < 4.78 is 35.8. The van der Waals surface area contributed by atoms with Gasteiger partial charge >= 0.3 is 0 Å². The summed E-state index contributed by atoms with van der Waals surface area (Å²) in [5, 5.41) is 4.47. The minimum absolute atomic E-state index is 0.211. The molecule has 4 aromatic rings. The van der Waals surface area contributed by atoms with Gasteiger partial charge in [0.15, 0.2) is 11.6 Å². The first-order valence-corrected chi connectivity index (χ1v) is 10.9. The number of aryl methyl sites for hydroxylation is 1. The van der Waals surface area contributed by atoms with Gasteiger partial charge in [-0.2, -0.15) is 0 Å². The van der Waals surface area contributed by atoms with Crippen molar-refractivity contribution in [2.45, 2.75) is 33.7 Å². The topological polar surface area (TPSA) is 39.1 Å². The summed E-state index contributed by atoms with van der Waals surface area (Å²) >= 11 is 0. The number of halogens is 2. The molecule has 0 amide bonds. The van der Waals surface area contributed by atoms with Gasteiger partial charge in [0.05, 0.1) is 12.2 Å². The van der Waals surface area contributed by atoms with Crippen LogP contribution in [0.5, 0.6) is 5.75 Å². The number of rotatable bonds is 4. The maximum Gasteiger partial charge on any atom is 0.163 e. The monoisotopic (exact) mass is 433 g/mol. The molecule has 0 spiro atoms. The van der Waals surface area contributed by atoms with Crippen molar-refractivity contribution in [2.75, 3.05) is 18.5 Å². The second-order valence-corrected chi connectivity index (χ2v) is 8.18. The summed E-state index contributed by atoms with van der Waals surface area (Å²) in [7, 11) is 0. The minimum Gasteiger partial charge on any atom is -0.490 e. The normalized spacial score (nSPS) is 13.0. The molecule has 0 aliphatic carbocycles. The molecule has 0 fully saturated rings. The van der Waals surface area contributed by atoms with Crippen molar-refractivity contribution in [1.82, 2.24) is 9.55 Å². The Morgan fingerprint density at radius 3 is 2.78 bits per heavy atom. The van der Waals surface area contributed by atoms with Gasteiger partial charge in [-0.05, 0) is 60.7 Å². The molecular weight excluding hydrogens is 408 g/mol. The Morgan fingerprint density at radius 2 is 1.97 bits per heavy atom. The summed E-state index contributed by atoms with van der Waals surface area (Å²) in [5.41, 5.74) is 7.62. The first-order chi connectivity index (χ1) is 15.5. The van der Waals surface area contributed by atoms with Gasteiger partial charge in [-0.1, -0.05) is 25.1 Å². The average Bonchev–Trinajstić information content (AvgIpc) is 3.18. The maximum atomic E-state index is 14.3. The molecule has 0 radical (unpaired) electrons. The highest BCUT2D eigenvalue weighted by Crippen LogP contribution is 2.41. The Labute approximate surface area is 185 Å². The Kier molecular flexibility index (Phi) is 5.08. The highest BCUT2D eigenvalue weighted by atomic mass is 19.2. The molecule has 3 heterocycles. The fourth-order valence-corrected chi connectivity index (χ4v) is 4.71. The molecule has 0 unspecified atom stereocenters. The molecule has 1 aliphatic rings. The van der Waals surface area contributed by atoms with Crippen molar-refractivity contribution in [3.63, 3.8) is 0 Å². The molecule has 1 N–H and O–H groups in total. The van der Waals surface area contributed by atoms with Crippen LogP contribution in [-0.2, 0) is 13.0 Å². The summed E-state index contributed by atoms with van der Waals surface area (Å²) in [4.78, 5) is 4.86. The SMILES string of the molecule is CCc1c(C)nc2c(ccn2Cc2cccc(F)c2F)c1-c1ccc2c(c1C)NCCO2. The first kappa shape index (κ1) is 20.5. The van der Waals surface area contributed by atoms with Crippen LogP contribution in [0.2, 0.25) is 0 Å². The van der Waals surface area contributed by atoms with E-state index in [1.54, 1.807) is 6.07 Å². The van der Waals surface area contributed by atoms with Crippen LogP contribution >= 0.6 is 0 Å². The lowest BCUT2D eigenvalue weighted by atomic mass is 9.91. The van der Waals surface area contributed by atoms with Gasteiger partial charge in [0, 0.05) is 29.4 Å². The van der Waals surface area contributed by atoms with Gasteiger partial charge in [-0.25, -0.2) is 13.8 Å². The van der Waals surface area contributed by atoms with Gasteiger partial charge in [-0.3, -0.25) is 0 Å². The van der Waals surface area contributed by atoms with E-state index in [1.807, 2.05) is 29.8 Å². The van der Waals surface area contributed by atoms with E-state index in [2.05, 4.69) is 25.2 Å². The van der Waals surface area contributed by atoms with Crippen LogP contribution in [0.25, 0.3) is 22.2 Å². The number of aromatic nitrogens is 2. The predicted molar refractivity (Wildman–Crippen MR) is 123 cm³/mol. The van der Waals surface area contributed by atoms with Gasteiger partial charge in [0.25, 0.3) is 0 Å². The van der Waals surface area contributed by atoms with Crippen LogP contribution in [0.3, 0.4) is 0 Å². The molecule has 0 saturated heterocycles. The fraction of sp³-hybridized carbons (Fsp3) is 0.269. The summed E-state index contributed by atoms with van der Waals surface area (Å²) in [5.74, 6) is -0.777. The van der Waals surface area contributed by atoms with Gasteiger partial charge < -0.3 is 14.6 Å². The molecule has 164 valence electrons. The molecule has 0 bridgehead atoms. The van der Waals surface area contributed by atoms with Crippen molar-refractivity contribution in [3.05, 3.63) is 76.6 Å². The number of fused-ring (bicyclic) bond motifs is 2. The Morgan fingerprint density at radius 1 is 1.12 bits per heavy atom. The van der Waals surface area contributed by atoms with Crippen LogP contribution in [0.15, 0.2) is 42.6 Å². The van der Waals surface area contributed by atoms with Crippen LogP contribution in [0.1, 0.15) is 29.3 Å². The van der Waals surface area contributed by atoms with Crippen molar-refractivity contribution in [1.29, 1.82) is 0 Å². The Bertz CT molecular complexity index is 1340. The Hall–Kier alpha value is -3.41. The third kappa shape index (κ3) is 3.22. The van der Waals surface area contributed by atoms with Crippen LogP contribution in [-0.4, -0.2) is 22.7 Å². The standard InChI is InChI=1S/C26H25F2N3O/c1-4-18-16(3)30-26-20(10-12-31(26)14-17-6-5-7-21(27)24(17)28)23(18)19-8-9-22-25(15(19)2)29-11-13-32-22/h5-10,12,29H,4,11,13-14H2,1-3H3. The van der Waals surface area contributed by atoms with Crippen molar-refractivity contribution >= 4 is 16.7 Å². The first-order valence-electron chi connectivity index (χ1n) is 10.9. The third-order valence-electron chi connectivity index (χ3n) is 6.30. The number of benzene rings is 2. The molecule has 32 heavy (non-hydrogen) atoms. The second kappa shape index (κ2) is 7.93. The molecule has 0 atom stereocenters. The van der Waals surface area contributed by atoms with Crippen LogP contribution < -0.4 is 10.1 Å². The molecule has 2 aromatic carbocycles. The van der Waals surface area contributed by atoms with E-state index >= 15 is 0 Å². The van der Waals surface area contributed by atoms with E-state index in [-0.39, 0.29) is 6.54 Å². The zero-order valence-electron chi connectivity index (χ0n) is 18.4. The number of hydrogen-bond acceptors (Lipinski definition) is 3. The van der Waals surface area contributed by atoms with Crippen LogP contribution in [0.4, 0.5) is 14.5 Å². The highest BCUT2D eigenvalue weighted by molar-refractivity contribution is 5.98. The zero-order valence-corrected chi connectivity index (χ0v) is 18.4. The van der Waals surface area contributed by atoms with Crippen molar-refractivity contribution in [2.24, 2.45) is 0 Å². The molecule has 0 saturated carbocycles. The molecule has 5 rings (SSSR count). The van der Waals surface area contributed by atoms with Crippen molar-refractivity contribution < 1.29 is 13.5 Å². The zero-order chi connectivity index (χ0) is 22.4. The fourth-order valence-electron chi connectivity index (χ4n) is 4.71. The van der Waals surface area contributed by atoms with E-state index in [0.29, 0.717) is 12.2 Å². The van der Waals surface area contributed by atoms with Crippen molar-refractivity contribution in [3.8, 4) is 16.9 Å². The molecular formula is C26H25F2N3O. The summed E-state index contributed by atoms with van der Waals surface area (Å²) in [6, 6.07) is 10.4. The number of anilines is 1. The molecule has 1 aliphatic heterocycles. The quantitative estimate of drug-likeness (QED) is 0.428. The summed E-state index contributed by atoms with van der Waals surface area (Å²) in [6.45, 7) is 7.89. The lowest BCUT2D eigenvalue weighted by Gasteiger charge is -2.24. The lowest BCUT2D eigenvalue weighted by Crippen LogP contribution is -2.19. The minimum atomic E-state index is -0.837. The smallest absolute Gasteiger partial charge is 0.163 e. The van der Waals surface area contributed by atoms with E-state index in [4.69, 9.17) is 9.72 Å². The predicted octanol–water partition coefficient (Wildman–Crippen LogP) is 6.01. The van der Waals surface area contributed by atoms with Crippen LogP contribution in [0, 0.1) is 25.5 Å². The van der Waals surface area contributed by atoms with E-state index in [9.17, 15) is 8.78 Å². The van der Waals surface area contributed by atoms with Gasteiger partial charge in [0.1, 0.15) is 18.0 Å². The molecule has 4 nitrogen and oxygen atoms in total. The number of nitrogens with one attached hydrogen (secondary N) is 1. The number of pyridine rings is 1. The summed E-state index contributed by atoms with van der Waals surface area (Å²) in [6.07, 6.45) is 2.74.